The van der Waals surface area contributed by atoms with Crippen LogP contribution in [0, 0.1) is 0 Å². The van der Waals surface area contributed by atoms with E-state index in [1.54, 1.807) is 0 Å². The SMILES string of the molecule is c1ccc(-c2ccc(-c3cccc(N(c4cccc5ccccc45)c4cccc5ccccc45)c3)cc2)cc1. The standard InChI is InChI=1S/C38H27N/c1-2-11-28(12-3-1)29-23-25-30(26-24-29)33-17-8-18-34(27-33)39(37-21-9-15-31-13-4-6-19-35(31)37)38-22-10-16-32-14-5-7-20-36(32)38/h1-27H. The van der Waals surface area contributed by atoms with Gasteiger partial charge in [0.2, 0.25) is 0 Å². The van der Waals surface area contributed by atoms with Crippen molar-refractivity contribution in [2.24, 2.45) is 0 Å². The molecule has 0 unspecified atom stereocenters. The van der Waals surface area contributed by atoms with Crippen molar-refractivity contribution in [3.63, 3.8) is 0 Å². The first kappa shape index (κ1) is 23.0. The third-order valence-corrected chi connectivity index (χ3v) is 7.44. The van der Waals surface area contributed by atoms with Crippen LogP contribution in [0.25, 0.3) is 43.8 Å². The summed E-state index contributed by atoms with van der Waals surface area (Å²) in [5.41, 5.74) is 8.32. The summed E-state index contributed by atoms with van der Waals surface area (Å²) in [7, 11) is 0. The van der Waals surface area contributed by atoms with Gasteiger partial charge in [-0.05, 0) is 57.3 Å². The Labute approximate surface area is 229 Å². The predicted molar refractivity (Wildman–Crippen MR) is 167 cm³/mol. The van der Waals surface area contributed by atoms with E-state index in [1.165, 1.54) is 55.2 Å². The molecule has 0 spiro atoms. The first-order chi connectivity index (χ1) is 19.3. The summed E-state index contributed by atoms with van der Waals surface area (Å²) >= 11 is 0. The number of hydrogen-bond donors (Lipinski definition) is 0. The normalized spacial score (nSPS) is 11.1. The number of hydrogen-bond acceptors (Lipinski definition) is 1. The van der Waals surface area contributed by atoms with Crippen molar-refractivity contribution in [3.8, 4) is 22.3 Å². The average Bonchev–Trinajstić information content (AvgIpc) is 3.02. The van der Waals surface area contributed by atoms with Crippen LogP contribution in [0.3, 0.4) is 0 Å². The van der Waals surface area contributed by atoms with E-state index in [1.807, 2.05) is 0 Å². The monoisotopic (exact) mass is 497 g/mol. The summed E-state index contributed by atoms with van der Waals surface area (Å²) < 4.78 is 0. The van der Waals surface area contributed by atoms with Crippen molar-refractivity contribution in [3.05, 3.63) is 164 Å². The lowest BCUT2D eigenvalue weighted by atomic mass is 9.99. The highest BCUT2D eigenvalue weighted by Crippen LogP contribution is 2.42. The maximum atomic E-state index is 2.41. The molecular weight excluding hydrogens is 470 g/mol. The number of benzene rings is 7. The van der Waals surface area contributed by atoms with Gasteiger partial charge in [-0.2, -0.15) is 0 Å². The maximum Gasteiger partial charge on any atom is 0.0540 e. The highest BCUT2D eigenvalue weighted by Gasteiger charge is 2.18. The fraction of sp³-hybridized carbons (Fsp3) is 0. The first-order valence-corrected chi connectivity index (χ1v) is 13.4. The van der Waals surface area contributed by atoms with E-state index in [2.05, 4.69) is 169 Å². The largest absolute Gasteiger partial charge is 0.309 e. The topological polar surface area (TPSA) is 3.24 Å². The first-order valence-electron chi connectivity index (χ1n) is 13.4. The van der Waals surface area contributed by atoms with Crippen LogP contribution in [-0.4, -0.2) is 0 Å². The molecule has 0 saturated heterocycles. The van der Waals surface area contributed by atoms with Crippen molar-refractivity contribution < 1.29 is 0 Å². The Morgan fingerprint density at radius 1 is 0.308 bits per heavy atom. The molecule has 7 aromatic rings. The van der Waals surface area contributed by atoms with Crippen molar-refractivity contribution in [2.45, 2.75) is 0 Å². The zero-order valence-corrected chi connectivity index (χ0v) is 21.5. The van der Waals surface area contributed by atoms with Crippen LogP contribution >= 0.6 is 0 Å². The van der Waals surface area contributed by atoms with E-state index in [4.69, 9.17) is 0 Å². The van der Waals surface area contributed by atoms with Crippen LogP contribution < -0.4 is 4.90 Å². The molecule has 0 aliphatic rings. The van der Waals surface area contributed by atoms with Gasteiger partial charge in [-0.1, -0.05) is 140 Å². The average molecular weight is 498 g/mol. The maximum absolute atomic E-state index is 2.41. The van der Waals surface area contributed by atoms with Crippen LogP contribution in [0.5, 0.6) is 0 Å². The van der Waals surface area contributed by atoms with Gasteiger partial charge >= 0.3 is 0 Å². The van der Waals surface area contributed by atoms with Gasteiger partial charge in [0.1, 0.15) is 0 Å². The smallest absolute Gasteiger partial charge is 0.0540 e. The summed E-state index contributed by atoms with van der Waals surface area (Å²) in [6.45, 7) is 0. The lowest BCUT2D eigenvalue weighted by molar-refractivity contribution is 1.31. The van der Waals surface area contributed by atoms with E-state index in [-0.39, 0.29) is 0 Å². The molecule has 1 nitrogen and oxygen atoms in total. The summed E-state index contributed by atoms with van der Waals surface area (Å²) in [6.07, 6.45) is 0. The second-order valence-electron chi connectivity index (χ2n) is 9.83. The number of anilines is 3. The van der Waals surface area contributed by atoms with E-state index in [9.17, 15) is 0 Å². The van der Waals surface area contributed by atoms with Crippen LogP contribution in [-0.2, 0) is 0 Å². The Kier molecular flexibility index (Phi) is 5.88. The molecule has 0 aliphatic carbocycles. The van der Waals surface area contributed by atoms with Crippen molar-refractivity contribution in [2.75, 3.05) is 4.90 Å². The number of nitrogens with zero attached hydrogens (tertiary/aromatic N) is 1. The fourth-order valence-electron chi connectivity index (χ4n) is 5.52. The van der Waals surface area contributed by atoms with Gasteiger partial charge in [0.05, 0.1) is 11.4 Å². The molecule has 0 aromatic heterocycles. The highest BCUT2D eigenvalue weighted by molar-refractivity contribution is 6.04. The quantitative estimate of drug-likeness (QED) is 0.229. The molecule has 0 fully saturated rings. The van der Waals surface area contributed by atoms with Gasteiger partial charge < -0.3 is 4.90 Å². The predicted octanol–water partition coefficient (Wildman–Crippen LogP) is 10.8. The van der Waals surface area contributed by atoms with Crippen molar-refractivity contribution in [1.29, 1.82) is 0 Å². The minimum Gasteiger partial charge on any atom is -0.309 e. The van der Waals surface area contributed by atoms with Gasteiger partial charge in [-0.15, -0.1) is 0 Å². The summed E-state index contributed by atoms with van der Waals surface area (Å²) in [5.74, 6) is 0. The molecule has 0 radical (unpaired) electrons. The van der Waals surface area contributed by atoms with Gasteiger partial charge in [-0.25, -0.2) is 0 Å². The molecule has 0 saturated carbocycles. The lowest BCUT2D eigenvalue weighted by Crippen LogP contribution is -2.11. The Morgan fingerprint density at radius 2 is 0.744 bits per heavy atom. The minimum atomic E-state index is 1.13. The molecule has 39 heavy (non-hydrogen) atoms. The lowest BCUT2D eigenvalue weighted by Gasteiger charge is -2.28. The van der Waals surface area contributed by atoms with Gasteiger partial charge in [-0.3, -0.25) is 0 Å². The molecule has 0 bridgehead atoms. The summed E-state index contributed by atoms with van der Waals surface area (Å²) in [6, 6.07) is 58.7. The summed E-state index contributed by atoms with van der Waals surface area (Å²) in [4.78, 5) is 2.41. The molecule has 0 N–H and O–H groups in total. The van der Waals surface area contributed by atoms with Crippen molar-refractivity contribution in [1.82, 2.24) is 0 Å². The van der Waals surface area contributed by atoms with Gasteiger partial charge in [0.15, 0.2) is 0 Å². The molecular formula is C38H27N. The molecule has 0 amide bonds. The van der Waals surface area contributed by atoms with Crippen LogP contribution in [0.4, 0.5) is 17.1 Å². The molecule has 0 heterocycles. The second kappa shape index (κ2) is 9.96. The highest BCUT2D eigenvalue weighted by atomic mass is 15.1. The molecule has 0 atom stereocenters. The molecule has 7 aromatic carbocycles. The number of fused-ring (bicyclic) bond motifs is 2. The van der Waals surface area contributed by atoms with E-state index in [0.717, 1.165) is 5.69 Å². The van der Waals surface area contributed by atoms with Crippen LogP contribution in [0.1, 0.15) is 0 Å². The molecule has 0 aliphatic heterocycles. The van der Waals surface area contributed by atoms with Crippen LogP contribution in [0.2, 0.25) is 0 Å². The van der Waals surface area contributed by atoms with E-state index in [0.29, 0.717) is 0 Å². The van der Waals surface area contributed by atoms with E-state index < -0.39 is 0 Å². The third-order valence-electron chi connectivity index (χ3n) is 7.44. The molecule has 7 rings (SSSR count). The molecule has 184 valence electrons. The molecule has 1 heteroatoms. The summed E-state index contributed by atoms with van der Waals surface area (Å²) in [5, 5.41) is 4.91. The van der Waals surface area contributed by atoms with E-state index >= 15 is 0 Å². The van der Waals surface area contributed by atoms with Gasteiger partial charge in [0, 0.05) is 16.5 Å². The zero-order valence-electron chi connectivity index (χ0n) is 21.5. The Morgan fingerprint density at radius 3 is 1.36 bits per heavy atom. The second-order valence-corrected chi connectivity index (χ2v) is 9.83. The fourth-order valence-corrected chi connectivity index (χ4v) is 5.52. The Balaban J connectivity index is 1.39. The van der Waals surface area contributed by atoms with Crippen LogP contribution in [0.15, 0.2) is 164 Å². The van der Waals surface area contributed by atoms with Gasteiger partial charge in [0.25, 0.3) is 0 Å². The third kappa shape index (κ3) is 4.35. The Hall–Kier alpha value is -5.14. The van der Waals surface area contributed by atoms with Crippen molar-refractivity contribution >= 4 is 38.6 Å². The minimum absolute atomic E-state index is 1.13. The number of rotatable bonds is 5. The zero-order chi connectivity index (χ0) is 26.0. The Bertz CT molecular complexity index is 1810.